The summed E-state index contributed by atoms with van der Waals surface area (Å²) in [7, 11) is 0. The minimum atomic E-state index is 0.503. The van der Waals surface area contributed by atoms with E-state index in [1.165, 1.54) is 11.8 Å². The number of hydrogen-bond donors (Lipinski definition) is 1. The zero-order valence-electron chi connectivity index (χ0n) is 11.0. The van der Waals surface area contributed by atoms with Crippen molar-refractivity contribution < 1.29 is 4.42 Å². The summed E-state index contributed by atoms with van der Waals surface area (Å²) in [5.74, 6) is 0.550. The average Bonchev–Trinajstić information content (AvgIpc) is 2.85. The van der Waals surface area contributed by atoms with Gasteiger partial charge in [-0.2, -0.15) is 0 Å². The number of fused-ring (bicyclic) bond motifs is 1. The second-order valence-electron chi connectivity index (χ2n) is 4.37. The first-order valence-electron chi connectivity index (χ1n) is 6.33. The van der Waals surface area contributed by atoms with Crippen molar-refractivity contribution in [2.75, 3.05) is 6.54 Å². The van der Waals surface area contributed by atoms with Crippen molar-refractivity contribution in [3.63, 3.8) is 0 Å². The standard InChI is InChI=1S/C14H14N4OS/c1-9-17-18-14(19-9)20-13-11(6-7-15)8-10-4-2-3-5-12(10)16-13/h2-5,8H,6-7,15H2,1H3. The average molecular weight is 286 g/mol. The van der Waals surface area contributed by atoms with Crippen LogP contribution in [0.5, 0.6) is 0 Å². The smallest absolute Gasteiger partial charge is 0.282 e. The van der Waals surface area contributed by atoms with Crippen LogP contribution in [0.1, 0.15) is 11.5 Å². The molecule has 0 saturated heterocycles. The third kappa shape index (κ3) is 2.66. The highest BCUT2D eigenvalue weighted by Gasteiger charge is 2.12. The number of rotatable bonds is 4. The van der Waals surface area contributed by atoms with Crippen molar-refractivity contribution in [3.8, 4) is 0 Å². The molecule has 0 aliphatic heterocycles. The fourth-order valence-corrected chi connectivity index (χ4v) is 2.81. The summed E-state index contributed by atoms with van der Waals surface area (Å²) in [6.07, 6.45) is 0.771. The van der Waals surface area contributed by atoms with E-state index in [1.807, 2.05) is 24.3 Å². The van der Waals surface area contributed by atoms with Crippen LogP contribution in [-0.2, 0) is 6.42 Å². The normalized spacial score (nSPS) is 11.1. The molecule has 3 rings (SSSR count). The van der Waals surface area contributed by atoms with Crippen molar-refractivity contribution in [1.29, 1.82) is 0 Å². The number of hydrogen-bond acceptors (Lipinski definition) is 6. The van der Waals surface area contributed by atoms with Gasteiger partial charge in [-0.1, -0.05) is 18.2 Å². The van der Waals surface area contributed by atoms with Gasteiger partial charge >= 0.3 is 0 Å². The van der Waals surface area contributed by atoms with Gasteiger partial charge in [0.05, 0.1) is 5.52 Å². The monoisotopic (exact) mass is 286 g/mol. The predicted molar refractivity (Wildman–Crippen MR) is 77.7 cm³/mol. The van der Waals surface area contributed by atoms with Gasteiger partial charge in [-0.3, -0.25) is 0 Å². The van der Waals surface area contributed by atoms with Gasteiger partial charge in [0.1, 0.15) is 5.03 Å². The third-order valence-corrected chi connectivity index (χ3v) is 3.75. The predicted octanol–water partition coefficient (Wildman–Crippen LogP) is 2.58. The van der Waals surface area contributed by atoms with Gasteiger partial charge in [0.15, 0.2) is 0 Å². The van der Waals surface area contributed by atoms with Crippen molar-refractivity contribution in [1.82, 2.24) is 15.2 Å². The second kappa shape index (κ2) is 5.60. The highest BCUT2D eigenvalue weighted by atomic mass is 32.2. The zero-order valence-corrected chi connectivity index (χ0v) is 11.9. The van der Waals surface area contributed by atoms with E-state index in [1.54, 1.807) is 6.92 Å². The minimum Gasteiger partial charge on any atom is -0.416 e. The van der Waals surface area contributed by atoms with Gasteiger partial charge in [-0.05, 0) is 42.4 Å². The molecular formula is C14H14N4OS. The molecule has 0 aliphatic carbocycles. The van der Waals surface area contributed by atoms with Gasteiger partial charge in [0.2, 0.25) is 5.89 Å². The lowest BCUT2D eigenvalue weighted by atomic mass is 10.1. The summed E-state index contributed by atoms with van der Waals surface area (Å²) < 4.78 is 5.40. The molecule has 0 aliphatic rings. The molecule has 6 heteroatoms. The summed E-state index contributed by atoms with van der Waals surface area (Å²) in [6.45, 7) is 2.35. The van der Waals surface area contributed by atoms with Crippen molar-refractivity contribution in [3.05, 3.63) is 41.8 Å². The number of aromatic nitrogens is 3. The zero-order chi connectivity index (χ0) is 13.9. The summed E-state index contributed by atoms with van der Waals surface area (Å²) in [5.41, 5.74) is 7.74. The number of pyridine rings is 1. The maximum atomic E-state index is 5.68. The molecule has 0 fully saturated rings. The first-order valence-corrected chi connectivity index (χ1v) is 7.14. The molecule has 2 aromatic heterocycles. The summed E-state index contributed by atoms with van der Waals surface area (Å²) >= 11 is 1.38. The number of aryl methyl sites for hydroxylation is 1. The fraction of sp³-hybridized carbons (Fsp3) is 0.214. The largest absolute Gasteiger partial charge is 0.416 e. The van der Waals surface area contributed by atoms with E-state index < -0.39 is 0 Å². The molecule has 0 unspecified atom stereocenters. The topological polar surface area (TPSA) is 77.8 Å². The summed E-state index contributed by atoms with van der Waals surface area (Å²) in [6, 6.07) is 10.1. The number of nitrogens with two attached hydrogens (primary N) is 1. The molecule has 2 N–H and O–H groups in total. The first-order chi connectivity index (χ1) is 9.76. The molecule has 3 aromatic rings. The van der Waals surface area contributed by atoms with Crippen LogP contribution in [0.25, 0.3) is 10.9 Å². The van der Waals surface area contributed by atoms with E-state index in [0.29, 0.717) is 17.7 Å². The molecule has 2 heterocycles. The van der Waals surface area contributed by atoms with E-state index in [4.69, 9.17) is 10.2 Å². The molecule has 1 aromatic carbocycles. The Hall–Kier alpha value is -1.92. The SMILES string of the molecule is Cc1nnc(Sc2nc3ccccc3cc2CCN)o1. The Bertz CT molecular complexity index is 741. The van der Waals surface area contributed by atoms with Crippen LogP contribution in [0.2, 0.25) is 0 Å². The highest BCUT2D eigenvalue weighted by molar-refractivity contribution is 7.99. The lowest BCUT2D eigenvalue weighted by Gasteiger charge is -2.07. The van der Waals surface area contributed by atoms with E-state index in [2.05, 4.69) is 21.2 Å². The molecule has 0 atom stereocenters. The van der Waals surface area contributed by atoms with Crippen molar-refractivity contribution in [2.24, 2.45) is 5.73 Å². The van der Waals surface area contributed by atoms with Crippen molar-refractivity contribution in [2.45, 2.75) is 23.6 Å². The molecule has 0 bridgehead atoms. The summed E-state index contributed by atoms with van der Waals surface area (Å²) in [5, 5.41) is 10.3. The van der Waals surface area contributed by atoms with Crippen LogP contribution >= 0.6 is 11.8 Å². The van der Waals surface area contributed by atoms with Gasteiger partial charge in [-0.25, -0.2) is 4.98 Å². The molecular weight excluding hydrogens is 272 g/mol. The minimum absolute atomic E-state index is 0.503. The Morgan fingerprint density at radius 1 is 1.25 bits per heavy atom. The Morgan fingerprint density at radius 2 is 2.10 bits per heavy atom. The molecule has 5 nitrogen and oxygen atoms in total. The van der Waals surface area contributed by atoms with Crippen LogP contribution in [0.15, 0.2) is 45.0 Å². The van der Waals surface area contributed by atoms with Gasteiger partial charge in [0.25, 0.3) is 5.22 Å². The Kier molecular flexibility index (Phi) is 3.66. The molecule has 0 radical (unpaired) electrons. The maximum Gasteiger partial charge on any atom is 0.282 e. The molecule has 0 amide bonds. The van der Waals surface area contributed by atoms with Crippen LogP contribution in [0.3, 0.4) is 0 Å². The van der Waals surface area contributed by atoms with Gasteiger partial charge in [0, 0.05) is 12.3 Å². The molecule has 0 spiro atoms. The maximum absolute atomic E-state index is 5.68. The summed E-state index contributed by atoms with van der Waals surface area (Å²) in [4.78, 5) is 4.68. The van der Waals surface area contributed by atoms with Crippen molar-refractivity contribution >= 4 is 22.7 Å². The molecule has 20 heavy (non-hydrogen) atoms. The van der Waals surface area contributed by atoms with Crippen LogP contribution in [-0.4, -0.2) is 21.7 Å². The number of benzene rings is 1. The first kappa shape index (κ1) is 13.1. The van der Waals surface area contributed by atoms with Crippen LogP contribution in [0.4, 0.5) is 0 Å². The van der Waals surface area contributed by atoms with E-state index in [0.717, 1.165) is 27.9 Å². The van der Waals surface area contributed by atoms with E-state index >= 15 is 0 Å². The van der Waals surface area contributed by atoms with Crippen LogP contribution in [0, 0.1) is 6.92 Å². The Balaban J connectivity index is 2.04. The Labute approximate surface area is 120 Å². The number of nitrogens with zero attached hydrogens (tertiary/aromatic N) is 3. The third-order valence-electron chi connectivity index (χ3n) is 2.87. The lowest BCUT2D eigenvalue weighted by Crippen LogP contribution is -2.04. The molecule has 102 valence electrons. The highest BCUT2D eigenvalue weighted by Crippen LogP contribution is 2.30. The molecule has 0 saturated carbocycles. The lowest BCUT2D eigenvalue weighted by molar-refractivity contribution is 0.429. The van der Waals surface area contributed by atoms with Gasteiger partial charge < -0.3 is 10.2 Å². The Morgan fingerprint density at radius 3 is 2.85 bits per heavy atom. The fourth-order valence-electron chi connectivity index (χ4n) is 1.97. The van der Waals surface area contributed by atoms with E-state index in [-0.39, 0.29) is 0 Å². The number of para-hydroxylation sites is 1. The second-order valence-corrected chi connectivity index (χ2v) is 5.31. The van der Waals surface area contributed by atoms with E-state index in [9.17, 15) is 0 Å². The van der Waals surface area contributed by atoms with Crippen LogP contribution < -0.4 is 5.73 Å². The quantitative estimate of drug-likeness (QED) is 0.794. The van der Waals surface area contributed by atoms with Gasteiger partial charge in [-0.15, -0.1) is 10.2 Å².